The van der Waals surface area contributed by atoms with Crippen LogP contribution in [0.2, 0.25) is 0 Å². The highest BCUT2D eigenvalue weighted by Crippen LogP contribution is 2.29. The number of nitrogens with zero attached hydrogens (tertiary/aromatic N) is 2. The Balaban J connectivity index is 1.89. The second-order valence-electron chi connectivity index (χ2n) is 5.19. The van der Waals surface area contributed by atoms with E-state index in [2.05, 4.69) is 35.1 Å². The Hall–Kier alpha value is -0.830. The van der Waals surface area contributed by atoms with E-state index in [4.69, 9.17) is 0 Å². The van der Waals surface area contributed by atoms with Crippen molar-refractivity contribution in [3.05, 3.63) is 17.5 Å². The maximum Gasteiger partial charge on any atom is 0.0638 e. The van der Waals surface area contributed by atoms with E-state index in [-0.39, 0.29) is 0 Å². The SMILES string of the molecule is CCCCNCc1cn(C2CCCC2)nc1C. The summed E-state index contributed by atoms with van der Waals surface area (Å²) in [6.07, 6.45) is 10.1. The number of aromatic nitrogens is 2. The fourth-order valence-electron chi connectivity index (χ4n) is 2.57. The second-order valence-corrected chi connectivity index (χ2v) is 5.19. The molecule has 1 N–H and O–H groups in total. The molecule has 1 aromatic heterocycles. The van der Waals surface area contributed by atoms with Crippen molar-refractivity contribution < 1.29 is 0 Å². The average Bonchev–Trinajstić information content (AvgIpc) is 2.94. The van der Waals surface area contributed by atoms with Crippen LogP contribution in [0.15, 0.2) is 6.20 Å². The van der Waals surface area contributed by atoms with Gasteiger partial charge in [0.15, 0.2) is 0 Å². The smallest absolute Gasteiger partial charge is 0.0638 e. The minimum absolute atomic E-state index is 0.665. The first kappa shape index (κ1) is 12.6. The zero-order valence-electron chi connectivity index (χ0n) is 11.2. The van der Waals surface area contributed by atoms with Crippen LogP contribution in [0.1, 0.15) is 62.7 Å². The molecule has 0 spiro atoms. The summed E-state index contributed by atoms with van der Waals surface area (Å²) in [7, 11) is 0. The van der Waals surface area contributed by atoms with Crippen LogP contribution in [0.5, 0.6) is 0 Å². The first-order chi connectivity index (χ1) is 8.31. The Morgan fingerprint density at radius 1 is 1.41 bits per heavy atom. The van der Waals surface area contributed by atoms with Gasteiger partial charge in [-0.2, -0.15) is 5.10 Å². The van der Waals surface area contributed by atoms with E-state index >= 15 is 0 Å². The summed E-state index contributed by atoms with van der Waals surface area (Å²) in [6.45, 7) is 6.44. The molecule has 1 aliphatic carbocycles. The van der Waals surface area contributed by atoms with Crippen LogP contribution in [0.4, 0.5) is 0 Å². The first-order valence-electron chi connectivity index (χ1n) is 7.06. The standard InChI is InChI=1S/C14H25N3/c1-3-4-9-15-10-13-11-17(16-12(13)2)14-7-5-6-8-14/h11,14-15H,3-10H2,1-2H3. The molecule has 1 aliphatic rings. The van der Waals surface area contributed by atoms with Crippen LogP contribution in [-0.2, 0) is 6.54 Å². The maximum atomic E-state index is 4.67. The van der Waals surface area contributed by atoms with Crippen molar-refractivity contribution in [1.29, 1.82) is 0 Å². The fourth-order valence-corrected chi connectivity index (χ4v) is 2.57. The van der Waals surface area contributed by atoms with Gasteiger partial charge in [0.1, 0.15) is 0 Å². The lowest BCUT2D eigenvalue weighted by atomic mass is 10.2. The van der Waals surface area contributed by atoms with Gasteiger partial charge in [-0.15, -0.1) is 0 Å². The minimum Gasteiger partial charge on any atom is -0.313 e. The lowest BCUT2D eigenvalue weighted by Gasteiger charge is -2.08. The van der Waals surface area contributed by atoms with E-state index in [1.165, 1.54) is 49.8 Å². The third-order valence-electron chi connectivity index (χ3n) is 3.74. The van der Waals surface area contributed by atoms with Crippen LogP contribution in [-0.4, -0.2) is 16.3 Å². The molecule has 96 valence electrons. The first-order valence-corrected chi connectivity index (χ1v) is 7.06. The Labute approximate surface area is 105 Å². The summed E-state index contributed by atoms with van der Waals surface area (Å²) in [5.41, 5.74) is 2.56. The molecule has 1 heterocycles. The zero-order valence-corrected chi connectivity index (χ0v) is 11.2. The van der Waals surface area contributed by atoms with Gasteiger partial charge in [-0.3, -0.25) is 4.68 Å². The van der Waals surface area contributed by atoms with Crippen molar-refractivity contribution in [1.82, 2.24) is 15.1 Å². The second kappa shape index (κ2) is 6.20. The van der Waals surface area contributed by atoms with Crippen LogP contribution < -0.4 is 5.32 Å². The van der Waals surface area contributed by atoms with Crippen molar-refractivity contribution in [2.45, 2.75) is 65.0 Å². The van der Waals surface area contributed by atoms with Gasteiger partial charge in [-0.1, -0.05) is 26.2 Å². The van der Waals surface area contributed by atoms with Crippen molar-refractivity contribution >= 4 is 0 Å². The predicted octanol–water partition coefficient (Wildman–Crippen LogP) is 3.20. The van der Waals surface area contributed by atoms with Crippen LogP contribution in [0.3, 0.4) is 0 Å². The molecule has 17 heavy (non-hydrogen) atoms. The topological polar surface area (TPSA) is 29.9 Å². The zero-order chi connectivity index (χ0) is 12.1. The summed E-state index contributed by atoms with van der Waals surface area (Å²) in [5.74, 6) is 0. The molecule has 0 aliphatic heterocycles. The number of hydrogen-bond acceptors (Lipinski definition) is 2. The molecule has 3 nitrogen and oxygen atoms in total. The molecule has 0 unspecified atom stereocenters. The summed E-state index contributed by atoms with van der Waals surface area (Å²) in [6, 6.07) is 0.665. The summed E-state index contributed by atoms with van der Waals surface area (Å²) >= 11 is 0. The molecule has 3 heteroatoms. The van der Waals surface area contributed by atoms with Crippen molar-refractivity contribution in [3.63, 3.8) is 0 Å². The van der Waals surface area contributed by atoms with E-state index in [9.17, 15) is 0 Å². The Kier molecular flexibility index (Phi) is 4.60. The summed E-state index contributed by atoms with van der Waals surface area (Å²) in [5, 5.41) is 8.16. The Bertz CT molecular complexity index is 337. The minimum atomic E-state index is 0.665. The molecule has 0 atom stereocenters. The van der Waals surface area contributed by atoms with Crippen LogP contribution in [0.25, 0.3) is 0 Å². The van der Waals surface area contributed by atoms with Gasteiger partial charge in [0, 0.05) is 18.3 Å². The molecule has 0 bridgehead atoms. The number of aryl methyl sites for hydroxylation is 1. The predicted molar refractivity (Wildman–Crippen MR) is 71.1 cm³/mol. The van der Waals surface area contributed by atoms with Gasteiger partial charge < -0.3 is 5.32 Å². The van der Waals surface area contributed by atoms with E-state index in [1.54, 1.807) is 0 Å². The molecule has 0 aromatic carbocycles. The highest BCUT2D eigenvalue weighted by Gasteiger charge is 2.18. The highest BCUT2D eigenvalue weighted by molar-refractivity contribution is 5.15. The molecule has 1 saturated carbocycles. The van der Waals surface area contributed by atoms with Gasteiger partial charge in [0.25, 0.3) is 0 Å². The van der Waals surface area contributed by atoms with Crippen LogP contribution >= 0.6 is 0 Å². The molecule has 0 radical (unpaired) electrons. The normalized spacial score (nSPS) is 16.8. The van der Waals surface area contributed by atoms with Crippen molar-refractivity contribution in [3.8, 4) is 0 Å². The van der Waals surface area contributed by atoms with Gasteiger partial charge in [-0.05, 0) is 32.7 Å². The third kappa shape index (κ3) is 3.32. The number of unbranched alkanes of at least 4 members (excludes halogenated alkanes) is 1. The fraction of sp³-hybridized carbons (Fsp3) is 0.786. The van der Waals surface area contributed by atoms with Gasteiger partial charge in [0.2, 0.25) is 0 Å². The molecule has 0 saturated heterocycles. The maximum absolute atomic E-state index is 4.67. The van der Waals surface area contributed by atoms with Crippen molar-refractivity contribution in [2.24, 2.45) is 0 Å². The summed E-state index contributed by atoms with van der Waals surface area (Å²) in [4.78, 5) is 0. The molecule has 1 aromatic rings. The largest absolute Gasteiger partial charge is 0.313 e. The Morgan fingerprint density at radius 3 is 2.88 bits per heavy atom. The van der Waals surface area contributed by atoms with Crippen molar-refractivity contribution in [2.75, 3.05) is 6.54 Å². The molecule has 0 amide bonds. The monoisotopic (exact) mass is 235 g/mol. The van der Waals surface area contributed by atoms with E-state index in [0.717, 1.165) is 13.1 Å². The van der Waals surface area contributed by atoms with Gasteiger partial charge >= 0.3 is 0 Å². The van der Waals surface area contributed by atoms with Gasteiger partial charge in [-0.25, -0.2) is 0 Å². The van der Waals surface area contributed by atoms with E-state index in [1.807, 2.05) is 0 Å². The molecule has 1 fully saturated rings. The molecule has 2 rings (SSSR count). The number of nitrogens with one attached hydrogen (secondary N) is 1. The quantitative estimate of drug-likeness (QED) is 0.767. The molecular weight excluding hydrogens is 210 g/mol. The van der Waals surface area contributed by atoms with E-state index < -0.39 is 0 Å². The number of hydrogen-bond donors (Lipinski definition) is 1. The number of rotatable bonds is 6. The summed E-state index contributed by atoms with van der Waals surface area (Å²) < 4.78 is 2.21. The average molecular weight is 235 g/mol. The van der Waals surface area contributed by atoms with Gasteiger partial charge in [0.05, 0.1) is 11.7 Å². The Morgan fingerprint density at radius 2 is 2.18 bits per heavy atom. The van der Waals surface area contributed by atoms with Crippen LogP contribution in [0, 0.1) is 6.92 Å². The van der Waals surface area contributed by atoms with E-state index in [0.29, 0.717) is 6.04 Å². The molecular formula is C14H25N3. The third-order valence-corrected chi connectivity index (χ3v) is 3.74. The highest BCUT2D eigenvalue weighted by atomic mass is 15.3. The lowest BCUT2D eigenvalue weighted by Crippen LogP contribution is -2.14. The lowest BCUT2D eigenvalue weighted by molar-refractivity contribution is 0.464.